The zero-order valence-electron chi connectivity index (χ0n) is 14.8. The van der Waals surface area contributed by atoms with Gasteiger partial charge in [0.2, 0.25) is 5.95 Å². The van der Waals surface area contributed by atoms with Gasteiger partial charge >= 0.3 is 0 Å². The molecule has 0 radical (unpaired) electrons. The lowest BCUT2D eigenvalue weighted by Gasteiger charge is -2.11. The van der Waals surface area contributed by atoms with E-state index in [2.05, 4.69) is 49.6 Å². The van der Waals surface area contributed by atoms with Crippen molar-refractivity contribution < 1.29 is 0 Å². The van der Waals surface area contributed by atoms with Crippen LogP contribution in [0.2, 0.25) is 0 Å². The molecule has 0 spiro atoms. The summed E-state index contributed by atoms with van der Waals surface area (Å²) in [4.78, 5) is 20.0. The summed E-state index contributed by atoms with van der Waals surface area (Å²) in [5.74, 6) is 1.95. The van der Waals surface area contributed by atoms with E-state index >= 15 is 0 Å². The van der Waals surface area contributed by atoms with Crippen molar-refractivity contribution in [2.75, 3.05) is 37.8 Å². The van der Waals surface area contributed by atoms with E-state index < -0.39 is 0 Å². The SMILES string of the molecule is Cc1cc(NCCCN(C)C)nc(Nc2cnc3ccccc3n2)n1. The van der Waals surface area contributed by atoms with E-state index in [1.54, 1.807) is 6.20 Å². The molecule has 0 amide bonds. The minimum atomic E-state index is 0.514. The molecule has 0 aliphatic carbocycles. The van der Waals surface area contributed by atoms with Crippen molar-refractivity contribution in [3.8, 4) is 0 Å². The maximum Gasteiger partial charge on any atom is 0.230 e. The summed E-state index contributed by atoms with van der Waals surface area (Å²) in [5, 5.41) is 6.48. The zero-order chi connectivity index (χ0) is 17.6. The second kappa shape index (κ2) is 7.85. The highest BCUT2D eigenvalue weighted by Gasteiger charge is 2.05. The standard InChI is InChI=1S/C18H23N7/c1-13-11-16(19-9-6-10-25(2)3)23-18(21-13)24-17-12-20-14-7-4-5-8-15(14)22-17/h4-5,7-8,11-12H,6,9-10H2,1-3H3,(H2,19,21,22,23,24). The van der Waals surface area contributed by atoms with Gasteiger partial charge in [-0.15, -0.1) is 0 Å². The molecule has 0 atom stereocenters. The molecule has 0 aliphatic rings. The lowest BCUT2D eigenvalue weighted by atomic mass is 10.3. The van der Waals surface area contributed by atoms with Crippen LogP contribution >= 0.6 is 0 Å². The van der Waals surface area contributed by atoms with Gasteiger partial charge in [0, 0.05) is 18.3 Å². The molecule has 25 heavy (non-hydrogen) atoms. The van der Waals surface area contributed by atoms with Crippen LogP contribution in [0.4, 0.5) is 17.6 Å². The quantitative estimate of drug-likeness (QED) is 0.642. The van der Waals surface area contributed by atoms with Crippen molar-refractivity contribution >= 4 is 28.6 Å². The highest BCUT2D eigenvalue weighted by molar-refractivity contribution is 5.75. The van der Waals surface area contributed by atoms with Crippen LogP contribution in [0.1, 0.15) is 12.1 Å². The molecule has 7 heteroatoms. The predicted octanol–water partition coefficient (Wildman–Crippen LogP) is 2.84. The molecule has 1 aromatic carbocycles. The molecule has 3 aromatic rings. The molecule has 130 valence electrons. The summed E-state index contributed by atoms with van der Waals surface area (Å²) in [7, 11) is 4.14. The molecule has 0 unspecified atom stereocenters. The monoisotopic (exact) mass is 337 g/mol. The van der Waals surface area contributed by atoms with Crippen LogP contribution in [0.15, 0.2) is 36.5 Å². The third-order valence-corrected chi connectivity index (χ3v) is 3.63. The summed E-state index contributed by atoms with van der Waals surface area (Å²) >= 11 is 0. The van der Waals surface area contributed by atoms with E-state index in [0.29, 0.717) is 11.8 Å². The summed E-state index contributed by atoms with van der Waals surface area (Å²) in [5.41, 5.74) is 2.59. The van der Waals surface area contributed by atoms with Gasteiger partial charge < -0.3 is 15.5 Å². The van der Waals surface area contributed by atoms with Gasteiger partial charge in [0.1, 0.15) is 5.82 Å². The molecule has 0 saturated heterocycles. The van der Waals surface area contributed by atoms with Gasteiger partial charge in [-0.25, -0.2) is 9.97 Å². The number of aromatic nitrogens is 4. The Kier molecular flexibility index (Phi) is 5.35. The summed E-state index contributed by atoms with van der Waals surface area (Å²) < 4.78 is 0. The zero-order valence-corrected chi connectivity index (χ0v) is 14.8. The number of fused-ring (bicyclic) bond motifs is 1. The van der Waals surface area contributed by atoms with Gasteiger partial charge in [0.15, 0.2) is 5.82 Å². The first-order valence-electron chi connectivity index (χ1n) is 8.33. The Labute approximate surface area is 147 Å². The first-order valence-corrected chi connectivity index (χ1v) is 8.33. The number of nitrogens with one attached hydrogen (secondary N) is 2. The van der Waals surface area contributed by atoms with Crippen molar-refractivity contribution in [2.45, 2.75) is 13.3 Å². The number of benzene rings is 1. The van der Waals surface area contributed by atoms with Crippen molar-refractivity contribution in [1.29, 1.82) is 0 Å². The molecule has 0 aliphatic heterocycles. The van der Waals surface area contributed by atoms with Crippen LogP contribution in [0.25, 0.3) is 11.0 Å². The first kappa shape index (κ1) is 17.0. The normalized spacial score (nSPS) is 11.0. The Hall–Kier alpha value is -2.80. The van der Waals surface area contributed by atoms with E-state index in [-0.39, 0.29) is 0 Å². The molecule has 3 rings (SSSR count). The summed E-state index contributed by atoms with van der Waals surface area (Å²) in [6.07, 6.45) is 2.74. The van der Waals surface area contributed by atoms with Crippen molar-refractivity contribution in [3.05, 3.63) is 42.2 Å². The lowest BCUT2D eigenvalue weighted by molar-refractivity contribution is 0.405. The smallest absolute Gasteiger partial charge is 0.230 e. The maximum atomic E-state index is 4.55. The second-order valence-electron chi connectivity index (χ2n) is 6.17. The Balaban J connectivity index is 1.70. The third-order valence-electron chi connectivity index (χ3n) is 3.63. The number of hydrogen-bond donors (Lipinski definition) is 2. The molecular weight excluding hydrogens is 314 g/mol. The summed E-state index contributed by atoms with van der Waals surface area (Å²) in [6, 6.07) is 9.70. The fraction of sp³-hybridized carbons (Fsp3) is 0.333. The number of rotatable bonds is 7. The maximum absolute atomic E-state index is 4.55. The van der Waals surface area contributed by atoms with Gasteiger partial charge in [-0.05, 0) is 46.1 Å². The largest absolute Gasteiger partial charge is 0.370 e. The number of anilines is 3. The number of hydrogen-bond acceptors (Lipinski definition) is 7. The highest BCUT2D eigenvalue weighted by atomic mass is 15.2. The van der Waals surface area contributed by atoms with Crippen LogP contribution in [-0.4, -0.2) is 52.0 Å². The first-order chi connectivity index (χ1) is 12.1. The minimum Gasteiger partial charge on any atom is -0.370 e. The van der Waals surface area contributed by atoms with Gasteiger partial charge in [-0.2, -0.15) is 4.98 Å². The van der Waals surface area contributed by atoms with E-state index in [9.17, 15) is 0 Å². The fourth-order valence-electron chi connectivity index (χ4n) is 2.46. The molecule has 0 fully saturated rings. The molecule has 2 aromatic heterocycles. The van der Waals surface area contributed by atoms with E-state index in [1.165, 1.54) is 0 Å². The van der Waals surface area contributed by atoms with Crippen LogP contribution in [0, 0.1) is 6.92 Å². The van der Waals surface area contributed by atoms with Gasteiger partial charge in [0.05, 0.1) is 17.2 Å². The van der Waals surface area contributed by atoms with Crippen LogP contribution in [0.5, 0.6) is 0 Å². The van der Waals surface area contributed by atoms with Crippen molar-refractivity contribution in [2.24, 2.45) is 0 Å². The van der Waals surface area contributed by atoms with Crippen LogP contribution in [-0.2, 0) is 0 Å². The van der Waals surface area contributed by atoms with Crippen molar-refractivity contribution in [3.63, 3.8) is 0 Å². The fourth-order valence-corrected chi connectivity index (χ4v) is 2.46. The molecule has 2 heterocycles. The Morgan fingerprint density at radius 3 is 2.60 bits per heavy atom. The average Bonchev–Trinajstić information content (AvgIpc) is 2.58. The predicted molar refractivity (Wildman–Crippen MR) is 101 cm³/mol. The molecular formula is C18H23N7. The topological polar surface area (TPSA) is 78.9 Å². The van der Waals surface area contributed by atoms with Crippen molar-refractivity contribution in [1.82, 2.24) is 24.8 Å². The average molecular weight is 337 g/mol. The van der Waals surface area contributed by atoms with E-state index in [1.807, 2.05) is 37.3 Å². The van der Waals surface area contributed by atoms with Crippen LogP contribution in [0.3, 0.4) is 0 Å². The second-order valence-corrected chi connectivity index (χ2v) is 6.17. The van der Waals surface area contributed by atoms with Gasteiger partial charge in [-0.3, -0.25) is 4.98 Å². The molecule has 0 saturated carbocycles. The Bertz CT molecular complexity index is 848. The van der Waals surface area contributed by atoms with E-state index in [4.69, 9.17) is 0 Å². The third kappa shape index (κ3) is 4.84. The molecule has 0 bridgehead atoms. The van der Waals surface area contributed by atoms with E-state index in [0.717, 1.165) is 42.1 Å². The summed E-state index contributed by atoms with van der Waals surface area (Å²) in [6.45, 7) is 3.85. The molecule has 7 nitrogen and oxygen atoms in total. The lowest BCUT2D eigenvalue weighted by Crippen LogP contribution is -2.17. The van der Waals surface area contributed by atoms with Crippen LogP contribution < -0.4 is 10.6 Å². The van der Waals surface area contributed by atoms with Gasteiger partial charge in [-0.1, -0.05) is 12.1 Å². The number of para-hydroxylation sites is 2. The Morgan fingerprint density at radius 2 is 1.80 bits per heavy atom. The highest BCUT2D eigenvalue weighted by Crippen LogP contribution is 2.16. The number of nitrogens with zero attached hydrogens (tertiary/aromatic N) is 5. The molecule has 2 N–H and O–H groups in total. The minimum absolute atomic E-state index is 0.514. The van der Waals surface area contributed by atoms with Gasteiger partial charge in [0.25, 0.3) is 0 Å². The number of aryl methyl sites for hydroxylation is 1. The Morgan fingerprint density at radius 1 is 1.00 bits per heavy atom.